The lowest BCUT2D eigenvalue weighted by Gasteiger charge is -2.64. The number of hydrogen-bond acceptors (Lipinski definition) is 9. The second kappa shape index (κ2) is 13.4. The predicted molar refractivity (Wildman–Crippen MR) is 156 cm³/mol. The Bertz CT molecular complexity index is 1150. The molecule has 17 heteroatoms. The Morgan fingerprint density at radius 1 is 1.19 bits per heavy atom. The molecule has 0 unspecified atom stereocenters. The zero-order valence-electron chi connectivity index (χ0n) is 25.1. The number of amides is 2. The van der Waals surface area contributed by atoms with E-state index in [0.29, 0.717) is 18.3 Å². The van der Waals surface area contributed by atoms with Crippen molar-refractivity contribution < 1.29 is 32.3 Å². The van der Waals surface area contributed by atoms with Crippen LogP contribution in [0.2, 0.25) is 0 Å². The van der Waals surface area contributed by atoms with Gasteiger partial charge in [0, 0.05) is 13.0 Å². The van der Waals surface area contributed by atoms with Crippen LogP contribution in [0.3, 0.4) is 0 Å². The molecule has 4 aliphatic rings. The molecule has 2 bridgehead atoms. The van der Waals surface area contributed by atoms with Gasteiger partial charge in [-0.2, -0.15) is 0 Å². The number of guanidine groups is 1. The van der Waals surface area contributed by atoms with E-state index in [4.69, 9.17) is 20.2 Å². The quantitative estimate of drug-likeness (QED) is 0.0420. The highest BCUT2D eigenvalue weighted by atomic mass is 32.2. The van der Waals surface area contributed by atoms with Gasteiger partial charge in [-0.1, -0.05) is 33.1 Å². The van der Waals surface area contributed by atoms with Gasteiger partial charge in [-0.3, -0.25) is 9.59 Å². The summed E-state index contributed by atoms with van der Waals surface area (Å²) in [6.07, 6.45) is 2.83. The van der Waals surface area contributed by atoms with Crippen molar-refractivity contribution in [3.8, 4) is 0 Å². The van der Waals surface area contributed by atoms with Crippen LogP contribution in [0.1, 0.15) is 79.6 Å². The van der Waals surface area contributed by atoms with E-state index in [1.54, 1.807) is 5.43 Å². The first-order valence-corrected chi connectivity index (χ1v) is 16.3. The van der Waals surface area contributed by atoms with Crippen LogP contribution in [-0.2, 0) is 28.9 Å². The molecular weight excluding hydrogens is 569 g/mol. The number of rotatable bonds is 15. The molecule has 1 heterocycles. The molecular formula is C25H46BN7O8S. The maximum atomic E-state index is 13.6. The van der Waals surface area contributed by atoms with Crippen LogP contribution in [0, 0.1) is 33.3 Å². The maximum absolute atomic E-state index is 13.6. The van der Waals surface area contributed by atoms with Crippen LogP contribution in [0.4, 0.5) is 0 Å². The lowest BCUT2D eigenvalue weighted by Crippen LogP contribution is -2.65. The van der Waals surface area contributed by atoms with Crippen molar-refractivity contribution in [3.05, 3.63) is 10.1 Å². The molecule has 7 N–H and O–H groups in total. The Morgan fingerprint density at radius 3 is 2.48 bits per heavy atom. The molecule has 1 saturated heterocycles. The third-order valence-corrected chi connectivity index (χ3v) is 9.83. The molecule has 3 aliphatic carbocycles. The third kappa shape index (κ3) is 8.54. The fourth-order valence-corrected chi connectivity index (χ4v) is 7.24. The van der Waals surface area contributed by atoms with Gasteiger partial charge in [0.1, 0.15) is 6.04 Å². The second-order valence-corrected chi connectivity index (χ2v) is 14.7. The summed E-state index contributed by atoms with van der Waals surface area (Å²) in [6.45, 7) is 10.8. The molecule has 15 nitrogen and oxygen atoms in total. The van der Waals surface area contributed by atoms with E-state index in [0.717, 1.165) is 12.8 Å². The van der Waals surface area contributed by atoms with Crippen molar-refractivity contribution in [2.45, 2.75) is 103 Å². The van der Waals surface area contributed by atoms with Crippen LogP contribution in [-0.4, -0.2) is 74.3 Å². The van der Waals surface area contributed by atoms with Gasteiger partial charge < -0.3 is 25.7 Å². The van der Waals surface area contributed by atoms with E-state index in [1.165, 1.54) is 0 Å². The highest BCUT2D eigenvalue weighted by molar-refractivity contribution is 7.89. The number of sulfonamides is 1. The second-order valence-electron chi connectivity index (χ2n) is 13.0. The van der Waals surface area contributed by atoms with Gasteiger partial charge in [-0.15, -0.1) is 0 Å². The average Bonchev–Trinajstić information content (AvgIpc) is 3.21. The molecule has 3 saturated carbocycles. The topological polar surface area (TPSA) is 230 Å². The molecule has 6 atom stereocenters. The highest BCUT2D eigenvalue weighted by Crippen LogP contribution is 2.65. The van der Waals surface area contributed by atoms with Gasteiger partial charge in [0.05, 0.1) is 23.4 Å². The zero-order valence-corrected chi connectivity index (χ0v) is 25.9. The molecule has 0 aromatic rings. The monoisotopic (exact) mass is 615 g/mol. The molecule has 0 aromatic heterocycles. The minimum atomic E-state index is -3.73. The predicted octanol–water partition coefficient (Wildman–Crippen LogP) is 0.215. The van der Waals surface area contributed by atoms with Crippen molar-refractivity contribution in [2.75, 3.05) is 12.3 Å². The molecule has 1 aliphatic heterocycles. The van der Waals surface area contributed by atoms with E-state index in [2.05, 4.69) is 36.4 Å². The largest absolute Gasteiger partial charge is 0.481 e. The first-order valence-electron chi connectivity index (χ1n) is 14.6. The Kier molecular flexibility index (Phi) is 10.9. The number of nitrogens with two attached hydrogens (primary N) is 2. The number of nitrogens with zero attached hydrogens (tertiary/aromatic N) is 2. The number of hydrazine groups is 1. The number of carbonyl (C=O) groups excluding carboxylic acids is 2. The molecule has 4 fully saturated rings. The van der Waals surface area contributed by atoms with Crippen LogP contribution in [0.5, 0.6) is 0 Å². The SMILES string of the molecule is CC(C)C[C@H](NC(=O)[C@H](CCCN=C(N)N[N+](=O)[O-])NC(=O)CCCS(N)(=O)=O)B1O[C@@H]2C[C@H]3C[C@H](C3(C)C)[C@]2(C)O1. The lowest BCUT2D eigenvalue weighted by molar-refractivity contribution is -0.525. The number of hydrogen-bond donors (Lipinski definition) is 5. The normalized spacial score (nSPS) is 27.9. The van der Waals surface area contributed by atoms with Gasteiger partial charge in [-0.05, 0) is 68.6 Å². The molecule has 42 heavy (non-hydrogen) atoms. The number of primary sulfonamides is 1. The van der Waals surface area contributed by atoms with Crippen molar-refractivity contribution in [1.82, 2.24) is 16.1 Å². The molecule has 4 rings (SSSR count). The van der Waals surface area contributed by atoms with E-state index in [1.807, 2.05) is 13.8 Å². The van der Waals surface area contributed by atoms with Crippen molar-refractivity contribution >= 4 is 34.9 Å². The lowest BCUT2D eigenvalue weighted by atomic mass is 9.43. The number of nitrogens with one attached hydrogen (secondary N) is 3. The van der Waals surface area contributed by atoms with E-state index < -0.39 is 51.6 Å². The standard InChI is InChI=1S/C25H46BN7O8S/c1-15(2)12-20(26-40-19-14-16-13-18(24(16,3)4)25(19,5)41-26)31-22(35)17(8-6-10-29-23(27)32-33(36)37)30-21(34)9-7-11-42(28,38)39/h15-20H,6-14H2,1-5H3,(H,30,34)(H,31,35)(H3,27,29,32)(H2,28,38,39)/t16-,17+,18-,19-,20+,25+/m1/s1. The molecule has 0 aromatic carbocycles. The summed E-state index contributed by atoms with van der Waals surface area (Å²) in [6, 6.07) is -0.979. The summed E-state index contributed by atoms with van der Waals surface area (Å²) in [5, 5.41) is 20.4. The van der Waals surface area contributed by atoms with Crippen LogP contribution in [0.25, 0.3) is 0 Å². The first kappa shape index (κ1) is 34.0. The Labute approximate surface area is 248 Å². The van der Waals surface area contributed by atoms with Gasteiger partial charge in [0.25, 0.3) is 5.96 Å². The fourth-order valence-electron chi connectivity index (χ4n) is 6.69. The summed E-state index contributed by atoms with van der Waals surface area (Å²) in [4.78, 5) is 40.6. The number of aliphatic imine (C=N–C) groups is 1. The van der Waals surface area contributed by atoms with E-state index in [-0.39, 0.29) is 61.4 Å². The van der Waals surface area contributed by atoms with E-state index in [9.17, 15) is 28.1 Å². The van der Waals surface area contributed by atoms with Crippen molar-refractivity contribution in [1.29, 1.82) is 0 Å². The number of carbonyl (C=O) groups is 2. The Morgan fingerprint density at radius 2 is 1.88 bits per heavy atom. The maximum Gasteiger partial charge on any atom is 0.481 e. The van der Waals surface area contributed by atoms with Gasteiger partial charge in [-0.25, -0.2) is 28.7 Å². The van der Waals surface area contributed by atoms with Crippen LogP contribution in [0.15, 0.2) is 4.99 Å². The minimum absolute atomic E-state index is 0.00456. The molecule has 0 radical (unpaired) electrons. The molecule has 0 spiro atoms. The fraction of sp³-hybridized carbons (Fsp3) is 0.880. The Balaban J connectivity index is 1.69. The van der Waals surface area contributed by atoms with Gasteiger partial charge in [0.2, 0.25) is 21.8 Å². The summed E-state index contributed by atoms with van der Waals surface area (Å²) < 4.78 is 35.5. The number of nitro groups is 1. The van der Waals surface area contributed by atoms with Crippen molar-refractivity contribution in [2.24, 2.45) is 39.0 Å². The molecule has 2 amide bonds. The summed E-state index contributed by atoms with van der Waals surface area (Å²) >= 11 is 0. The van der Waals surface area contributed by atoms with Crippen LogP contribution < -0.4 is 26.9 Å². The summed E-state index contributed by atoms with van der Waals surface area (Å²) in [7, 11) is -4.37. The first-order chi connectivity index (χ1) is 19.4. The average molecular weight is 616 g/mol. The van der Waals surface area contributed by atoms with Gasteiger partial charge in [0.15, 0.2) is 5.03 Å². The van der Waals surface area contributed by atoms with Gasteiger partial charge >= 0.3 is 7.12 Å². The third-order valence-electron chi connectivity index (χ3n) is 8.97. The zero-order chi connectivity index (χ0) is 31.5. The minimum Gasteiger partial charge on any atom is -0.404 e. The van der Waals surface area contributed by atoms with Crippen molar-refractivity contribution in [3.63, 3.8) is 0 Å². The van der Waals surface area contributed by atoms with Crippen LogP contribution >= 0.6 is 0 Å². The molecule has 238 valence electrons. The smallest absolute Gasteiger partial charge is 0.404 e. The highest BCUT2D eigenvalue weighted by Gasteiger charge is 2.68. The summed E-state index contributed by atoms with van der Waals surface area (Å²) in [5.74, 6) is -1.02. The summed E-state index contributed by atoms with van der Waals surface area (Å²) in [5.41, 5.74) is 6.92. The van der Waals surface area contributed by atoms with E-state index >= 15 is 0 Å². The Hall–Kier alpha value is -2.50.